The molecule has 0 aliphatic carbocycles. The van der Waals surface area contributed by atoms with Gasteiger partial charge in [0.15, 0.2) is 27.8 Å². The molecule has 0 unspecified atom stereocenters. The summed E-state index contributed by atoms with van der Waals surface area (Å²) in [5, 5.41) is 24.2. The molecule has 2 atom stereocenters. The maximum absolute atomic E-state index is 12.2. The van der Waals surface area contributed by atoms with E-state index < -0.39 is 27.8 Å². The van der Waals surface area contributed by atoms with Gasteiger partial charge in [-0.25, -0.2) is 0 Å². The van der Waals surface area contributed by atoms with E-state index in [2.05, 4.69) is 91.4 Å². The SMILES string of the molecule is CC(C)(C)[Si](C)(C)OC[C@@](O)(C#Cc1ccccc1)[C@](O)(C#Cc1ccccc1)CO[Si](C)(C)C(C)(C)C. The zero-order valence-corrected chi connectivity index (χ0v) is 26.9. The summed E-state index contributed by atoms with van der Waals surface area (Å²) in [4.78, 5) is 0. The third-order valence-electron chi connectivity index (χ3n) is 7.96. The predicted octanol–water partition coefficient (Wildman–Crippen LogP) is 6.60. The van der Waals surface area contributed by atoms with Crippen molar-refractivity contribution in [2.24, 2.45) is 0 Å². The molecule has 2 aromatic carbocycles. The van der Waals surface area contributed by atoms with Crippen LogP contribution in [-0.4, -0.2) is 51.3 Å². The van der Waals surface area contributed by atoms with E-state index >= 15 is 0 Å². The van der Waals surface area contributed by atoms with Crippen LogP contribution >= 0.6 is 0 Å². The van der Waals surface area contributed by atoms with Gasteiger partial charge in [-0.2, -0.15) is 0 Å². The fourth-order valence-corrected chi connectivity index (χ4v) is 4.92. The molecule has 0 saturated carbocycles. The lowest BCUT2D eigenvalue weighted by atomic mass is 9.84. The molecule has 2 aromatic rings. The second-order valence-corrected chi connectivity index (χ2v) is 22.7. The van der Waals surface area contributed by atoms with Crippen LogP contribution in [-0.2, 0) is 8.85 Å². The molecule has 0 aliphatic rings. The summed E-state index contributed by atoms with van der Waals surface area (Å²) in [5.74, 6) is 12.1. The summed E-state index contributed by atoms with van der Waals surface area (Å²) in [7, 11) is -4.59. The lowest BCUT2D eigenvalue weighted by Gasteiger charge is -2.44. The van der Waals surface area contributed by atoms with Crippen LogP contribution < -0.4 is 0 Å². The molecule has 0 heterocycles. The number of aliphatic hydroxyl groups is 2. The molecule has 0 fully saturated rings. The highest BCUT2D eigenvalue weighted by Crippen LogP contribution is 2.40. The molecule has 0 spiro atoms. The van der Waals surface area contributed by atoms with E-state index in [1.165, 1.54) is 0 Å². The van der Waals surface area contributed by atoms with Crippen LogP contribution in [0, 0.1) is 23.7 Å². The minimum atomic E-state index is -2.30. The monoisotopic (exact) mass is 550 g/mol. The summed E-state index contributed by atoms with van der Waals surface area (Å²) in [6.07, 6.45) is 0. The first-order valence-electron chi connectivity index (χ1n) is 13.2. The van der Waals surface area contributed by atoms with E-state index in [0.29, 0.717) is 0 Å². The topological polar surface area (TPSA) is 58.9 Å². The normalized spacial score (nSPS) is 15.8. The fourth-order valence-electron chi connectivity index (χ4n) is 2.91. The summed E-state index contributed by atoms with van der Waals surface area (Å²) in [6, 6.07) is 18.8. The van der Waals surface area contributed by atoms with Crippen LogP contribution in [0.4, 0.5) is 0 Å². The number of hydrogen-bond donors (Lipinski definition) is 2. The molecule has 0 aromatic heterocycles. The third kappa shape index (κ3) is 8.17. The molecule has 0 aliphatic heterocycles. The molecule has 0 bridgehead atoms. The average molecular weight is 551 g/mol. The van der Waals surface area contributed by atoms with E-state index in [9.17, 15) is 10.2 Å². The van der Waals surface area contributed by atoms with Crippen LogP contribution in [0.1, 0.15) is 52.7 Å². The van der Waals surface area contributed by atoms with Gasteiger partial charge < -0.3 is 19.1 Å². The molecule has 4 nitrogen and oxygen atoms in total. The maximum atomic E-state index is 12.2. The van der Waals surface area contributed by atoms with Gasteiger partial charge in [0.2, 0.25) is 0 Å². The van der Waals surface area contributed by atoms with E-state index in [0.717, 1.165) is 11.1 Å². The van der Waals surface area contributed by atoms with Gasteiger partial charge in [-0.15, -0.1) is 0 Å². The van der Waals surface area contributed by atoms with Crippen LogP contribution in [0.3, 0.4) is 0 Å². The second-order valence-electron chi connectivity index (χ2n) is 13.1. The Morgan fingerprint density at radius 1 is 0.579 bits per heavy atom. The summed E-state index contributed by atoms with van der Waals surface area (Å²) in [6.45, 7) is 20.9. The standard InChI is InChI=1S/C32H46O4Si2/c1-29(2,3)37(7,8)35-25-31(33,23-21-27-17-13-11-14-18-27)32(34,24-22-28-19-15-12-16-20-28)26-36-38(9,10)30(4,5)6/h11-20,33-34H,25-26H2,1-10H3/t31-,32-/m0/s1. The quantitative estimate of drug-likeness (QED) is 0.301. The van der Waals surface area contributed by atoms with Crippen molar-refractivity contribution in [2.75, 3.05) is 13.2 Å². The van der Waals surface area contributed by atoms with E-state index in [1.54, 1.807) is 0 Å². The van der Waals surface area contributed by atoms with Gasteiger partial charge in [0, 0.05) is 11.1 Å². The number of rotatable bonds is 7. The van der Waals surface area contributed by atoms with Gasteiger partial charge in [0.25, 0.3) is 0 Å². The van der Waals surface area contributed by atoms with E-state index in [1.807, 2.05) is 60.7 Å². The van der Waals surface area contributed by atoms with Crippen molar-refractivity contribution in [3.8, 4) is 23.7 Å². The van der Waals surface area contributed by atoms with Crippen LogP contribution in [0.5, 0.6) is 0 Å². The first kappa shape index (κ1) is 32.0. The molecule has 2 rings (SSSR count). The molecule has 0 radical (unpaired) electrons. The second kappa shape index (κ2) is 11.9. The van der Waals surface area contributed by atoms with Gasteiger partial charge in [-0.1, -0.05) is 102 Å². The van der Waals surface area contributed by atoms with Gasteiger partial charge in [0.05, 0.1) is 13.2 Å². The van der Waals surface area contributed by atoms with Gasteiger partial charge in [-0.3, -0.25) is 0 Å². The summed E-state index contributed by atoms with van der Waals surface area (Å²) < 4.78 is 12.9. The molecule has 38 heavy (non-hydrogen) atoms. The zero-order valence-electron chi connectivity index (χ0n) is 24.9. The van der Waals surface area contributed by atoms with Crippen molar-refractivity contribution in [1.29, 1.82) is 0 Å². The van der Waals surface area contributed by atoms with Crippen molar-refractivity contribution >= 4 is 16.6 Å². The summed E-state index contributed by atoms with van der Waals surface area (Å²) in [5.41, 5.74) is -2.57. The van der Waals surface area contributed by atoms with Crippen molar-refractivity contribution in [3.63, 3.8) is 0 Å². The first-order valence-corrected chi connectivity index (χ1v) is 19.0. The molecule has 6 heteroatoms. The average Bonchev–Trinajstić information content (AvgIpc) is 2.84. The molecule has 0 saturated heterocycles. The Hall–Kier alpha value is -2.17. The highest BCUT2D eigenvalue weighted by atomic mass is 28.4. The zero-order chi connectivity index (χ0) is 28.9. The van der Waals surface area contributed by atoms with Crippen molar-refractivity contribution < 1.29 is 19.1 Å². The molecular formula is C32H46O4Si2. The molecule has 2 N–H and O–H groups in total. The fraction of sp³-hybridized carbons (Fsp3) is 0.500. The Kier molecular flexibility index (Phi) is 10.1. The minimum Gasteiger partial charge on any atom is -0.413 e. The Morgan fingerprint density at radius 2 is 0.868 bits per heavy atom. The largest absolute Gasteiger partial charge is 0.413 e. The predicted molar refractivity (Wildman–Crippen MR) is 163 cm³/mol. The molecule has 0 amide bonds. The van der Waals surface area contributed by atoms with Crippen LogP contribution in [0.2, 0.25) is 36.3 Å². The Morgan fingerprint density at radius 3 is 1.13 bits per heavy atom. The smallest absolute Gasteiger partial charge is 0.192 e. The Balaban J connectivity index is 2.65. The Labute approximate surface area is 233 Å². The number of hydrogen-bond acceptors (Lipinski definition) is 4. The minimum absolute atomic E-state index is 0.0910. The van der Waals surface area contributed by atoms with Crippen LogP contribution in [0.25, 0.3) is 0 Å². The third-order valence-corrected chi connectivity index (χ3v) is 16.9. The van der Waals surface area contributed by atoms with Crippen molar-refractivity contribution in [3.05, 3.63) is 71.8 Å². The molecule has 206 valence electrons. The van der Waals surface area contributed by atoms with E-state index in [4.69, 9.17) is 8.85 Å². The molecular weight excluding hydrogens is 505 g/mol. The van der Waals surface area contributed by atoms with E-state index in [-0.39, 0.29) is 23.3 Å². The first-order chi connectivity index (χ1) is 17.3. The highest BCUT2D eigenvalue weighted by Gasteiger charge is 2.52. The maximum Gasteiger partial charge on any atom is 0.192 e. The van der Waals surface area contributed by atoms with Crippen LogP contribution in [0.15, 0.2) is 60.7 Å². The number of benzene rings is 2. The lowest BCUT2D eigenvalue weighted by molar-refractivity contribution is -0.120. The lowest BCUT2D eigenvalue weighted by Crippen LogP contribution is -2.61. The summed E-state index contributed by atoms with van der Waals surface area (Å²) >= 11 is 0. The van der Waals surface area contributed by atoms with Gasteiger partial charge in [0.1, 0.15) is 0 Å². The van der Waals surface area contributed by atoms with Gasteiger partial charge >= 0.3 is 0 Å². The highest BCUT2D eigenvalue weighted by molar-refractivity contribution is 6.74. The van der Waals surface area contributed by atoms with Crippen molar-refractivity contribution in [2.45, 2.75) is 89.0 Å². The Bertz CT molecular complexity index is 1080. The van der Waals surface area contributed by atoms with Crippen molar-refractivity contribution in [1.82, 2.24) is 0 Å². The van der Waals surface area contributed by atoms with Gasteiger partial charge in [-0.05, 0) is 60.5 Å².